The van der Waals surface area contributed by atoms with Gasteiger partial charge in [-0.3, -0.25) is 0 Å². The molecule has 0 aliphatic carbocycles. The summed E-state index contributed by atoms with van der Waals surface area (Å²) in [5.41, 5.74) is 6.20. The molecule has 0 aromatic heterocycles. The predicted molar refractivity (Wildman–Crippen MR) is 245 cm³/mol. The number of hydrogen-bond acceptors (Lipinski definition) is 5. The summed E-state index contributed by atoms with van der Waals surface area (Å²) in [5, 5.41) is 4.57. The van der Waals surface area contributed by atoms with Crippen LogP contribution in [0.2, 0.25) is 0 Å². The van der Waals surface area contributed by atoms with Gasteiger partial charge >= 0.3 is 0 Å². The molecule has 5 nitrogen and oxygen atoms in total. The zero-order valence-electron chi connectivity index (χ0n) is 36.3. The molecule has 0 N–H and O–H groups in total. The van der Waals surface area contributed by atoms with Crippen molar-refractivity contribution in [3.05, 3.63) is 125 Å². The summed E-state index contributed by atoms with van der Waals surface area (Å²) in [7, 11) is -0.605. The van der Waals surface area contributed by atoms with Crippen LogP contribution in [0.5, 0.6) is 28.7 Å². The second-order valence-corrected chi connectivity index (χ2v) is 20.3. The molecule has 7 heteroatoms. The average Bonchev–Trinajstić information content (AvgIpc) is 3.11. The van der Waals surface area contributed by atoms with Gasteiger partial charge in [0.1, 0.15) is 34.3 Å². The van der Waals surface area contributed by atoms with E-state index in [4.69, 9.17) is 22.8 Å². The molecular weight excluding hydrogens is 742 g/mol. The van der Waals surface area contributed by atoms with Crippen molar-refractivity contribution < 1.29 is 22.8 Å². The van der Waals surface area contributed by atoms with Gasteiger partial charge in [-0.2, -0.15) is 0 Å². The molecule has 0 aliphatic rings. The molecule has 6 aromatic rings. The first-order valence-corrected chi connectivity index (χ1v) is 21.5. The Hall–Kier alpha value is -4.30. The van der Waals surface area contributed by atoms with E-state index in [9.17, 15) is 0 Å². The van der Waals surface area contributed by atoms with E-state index in [1.165, 1.54) is 10.9 Å². The fraction of sp³-hybridized carbons (Fsp3) is 0.360. The SMILES string of the molecule is Cc1c(OC(C)(C)C)cc(C(C)(C)C)c(OPOc2ccc3ccccc3c2)c1-c1c(C)c(C(C)(C)C)cc(C(C)(C)C)c1OPOc1ccc2ccccc2c1. The third-order valence-corrected chi connectivity index (χ3v) is 11.4. The second-order valence-electron chi connectivity index (χ2n) is 19.1. The zero-order valence-corrected chi connectivity index (χ0v) is 38.3. The van der Waals surface area contributed by atoms with Crippen LogP contribution in [0, 0.1) is 13.8 Å². The van der Waals surface area contributed by atoms with Crippen molar-refractivity contribution in [2.24, 2.45) is 0 Å². The van der Waals surface area contributed by atoms with Gasteiger partial charge in [0.05, 0.1) is 0 Å². The minimum Gasteiger partial charge on any atom is -0.488 e. The zero-order chi connectivity index (χ0) is 41.5. The van der Waals surface area contributed by atoms with Gasteiger partial charge in [0.25, 0.3) is 18.1 Å². The molecule has 300 valence electrons. The van der Waals surface area contributed by atoms with Crippen molar-refractivity contribution >= 4 is 39.6 Å². The molecule has 6 rings (SSSR count). The quantitative estimate of drug-likeness (QED) is 0.129. The van der Waals surface area contributed by atoms with Crippen LogP contribution in [-0.2, 0) is 16.2 Å². The Balaban J connectivity index is 1.56. The Morgan fingerprint density at radius 3 is 1.23 bits per heavy atom. The third kappa shape index (κ3) is 9.71. The Morgan fingerprint density at radius 2 is 0.807 bits per heavy atom. The molecule has 0 heterocycles. The maximum absolute atomic E-state index is 6.98. The van der Waals surface area contributed by atoms with Gasteiger partial charge in [0.15, 0.2) is 0 Å². The lowest BCUT2D eigenvalue weighted by Gasteiger charge is -2.34. The van der Waals surface area contributed by atoms with Crippen molar-refractivity contribution in [3.8, 4) is 39.9 Å². The Bertz CT molecular complexity index is 2410. The summed E-state index contributed by atoms with van der Waals surface area (Å²) < 4.78 is 33.6. The molecule has 0 saturated carbocycles. The molecule has 0 radical (unpaired) electrons. The van der Waals surface area contributed by atoms with Gasteiger partial charge < -0.3 is 22.8 Å². The monoisotopic (exact) mass is 802 g/mol. The summed E-state index contributed by atoms with van der Waals surface area (Å²) in [6.45, 7) is 30.9. The lowest BCUT2D eigenvalue weighted by Crippen LogP contribution is -2.24. The molecule has 2 unspecified atom stereocenters. The molecule has 0 spiro atoms. The molecule has 0 aliphatic heterocycles. The molecule has 0 bridgehead atoms. The van der Waals surface area contributed by atoms with Crippen LogP contribution in [0.3, 0.4) is 0 Å². The minimum atomic E-state index is -0.437. The van der Waals surface area contributed by atoms with Crippen LogP contribution >= 0.6 is 18.1 Å². The number of ether oxygens (including phenoxy) is 1. The number of rotatable bonds is 10. The lowest BCUT2D eigenvalue weighted by molar-refractivity contribution is 0.129. The van der Waals surface area contributed by atoms with E-state index in [0.717, 1.165) is 78.3 Å². The molecule has 0 fully saturated rings. The van der Waals surface area contributed by atoms with Crippen molar-refractivity contribution in [3.63, 3.8) is 0 Å². The highest BCUT2D eigenvalue weighted by atomic mass is 31.1. The summed E-state index contributed by atoms with van der Waals surface area (Å²) in [5.74, 6) is 3.88. The number of hydrogen-bond donors (Lipinski definition) is 0. The van der Waals surface area contributed by atoms with E-state index in [2.05, 4.69) is 170 Å². The van der Waals surface area contributed by atoms with Gasteiger partial charge in [0.2, 0.25) is 0 Å². The van der Waals surface area contributed by atoms with Crippen LogP contribution in [0.4, 0.5) is 0 Å². The van der Waals surface area contributed by atoms with Crippen molar-refractivity contribution in [2.45, 2.75) is 119 Å². The van der Waals surface area contributed by atoms with Crippen LogP contribution in [0.15, 0.2) is 97.1 Å². The van der Waals surface area contributed by atoms with Gasteiger partial charge in [-0.25, -0.2) is 0 Å². The Labute approximate surface area is 344 Å². The smallest absolute Gasteiger partial charge is 0.275 e. The normalized spacial score (nSPS) is 12.9. The van der Waals surface area contributed by atoms with Crippen molar-refractivity contribution in [1.82, 2.24) is 0 Å². The maximum atomic E-state index is 6.98. The highest BCUT2D eigenvalue weighted by molar-refractivity contribution is 7.27. The first kappa shape index (κ1) is 42.3. The number of benzene rings is 6. The summed E-state index contributed by atoms with van der Waals surface area (Å²) >= 11 is 0. The highest BCUT2D eigenvalue weighted by Crippen LogP contribution is 2.55. The van der Waals surface area contributed by atoms with Crippen LogP contribution in [0.1, 0.15) is 111 Å². The first-order valence-electron chi connectivity index (χ1n) is 19.8. The standard InChI is InChI=1S/C50H60O5P2/c1-31-39(47(3,4)5)29-40(48(6,7)8)45(54-56-52-37-25-23-33-19-15-17-21-35(33)27-37)43(31)44-32(2)42(51-50(12,13)14)30-41(49(9,10)11)46(44)55-57-53-38-26-24-34-20-16-18-22-36(34)28-38/h15-30,56-57H,1-14H3. The molecule has 6 aromatic carbocycles. The molecule has 57 heavy (non-hydrogen) atoms. The molecule has 0 amide bonds. The van der Waals surface area contributed by atoms with E-state index in [1.807, 2.05) is 24.3 Å². The molecule has 2 atom stereocenters. The first-order chi connectivity index (χ1) is 26.6. The second kappa shape index (κ2) is 16.2. The summed E-state index contributed by atoms with van der Waals surface area (Å²) in [6, 6.07) is 33.4. The minimum absolute atomic E-state index is 0.163. The van der Waals surface area contributed by atoms with E-state index in [1.54, 1.807) is 0 Å². The molecule has 0 saturated heterocycles. The van der Waals surface area contributed by atoms with E-state index >= 15 is 0 Å². The van der Waals surface area contributed by atoms with Gasteiger partial charge in [0, 0.05) is 27.8 Å². The average molecular weight is 803 g/mol. The van der Waals surface area contributed by atoms with Crippen LogP contribution in [0.25, 0.3) is 32.7 Å². The van der Waals surface area contributed by atoms with Crippen molar-refractivity contribution in [2.75, 3.05) is 0 Å². The van der Waals surface area contributed by atoms with Gasteiger partial charge in [-0.1, -0.05) is 129 Å². The van der Waals surface area contributed by atoms with Gasteiger partial charge in [-0.15, -0.1) is 0 Å². The third-order valence-electron chi connectivity index (χ3n) is 10.2. The predicted octanol–water partition coefficient (Wildman–Crippen LogP) is 15.3. The summed E-state index contributed by atoms with van der Waals surface area (Å²) in [6.07, 6.45) is 0. The Kier molecular flexibility index (Phi) is 12.0. The fourth-order valence-corrected chi connectivity index (χ4v) is 8.44. The molecular formula is C50H60O5P2. The Morgan fingerprint density at radius 1 is 0.404 bits per heavy atom. The topological polar surface area (TPSA) is 46.2 Å². The van der Waals surface area contributed by atoms with Crippen molar-refractivity contribution in [1.29, 1.82) is 0 Å². The lowest BCUT2D eigenvalue weighted by atomic mass is 9.74. The van der Waals surface area contributed by atoms with E-state index in [0.29, 0.717) is 0 Å². The maximum Gasteiger partial charge on any atom is 0.275 e. The van der Waals surface area contributed by atoms with Crippen LogP contribution < -0.4 is 22.8 Å². The van der Waals surface area contributed by atoms with E-state index < -0.39 is 5.60 Å². The summed E-state index contributed by atoms with van der Waals surface area (Å²) in [4.78, 5) is 0. The highest BCUT2D eigenvalue weighted by Gasteiger charge is 2.35. The number of fused-ring (bicyclic) bond motifs is 2. The van der Waals surface area contributed by atoms with Crippen LogP contribution in [-0.4, -0.2) is 5.60 Å². The fourth-order valence-electron chi connectivity index (χ4n) is 7.32. The largest absolute Gasteiger partial charge is 0.488 e. The van der Waals surface area contributed by atoms with Gasteiger partial charge in [-0.05, 0) is 114 Å². The van der Waals surface area contributed by atoms with E-state index in [-0.39, 0.29) is 34.3 Å².